The second kappa shape index (κ2) is 5.41. The monoisotopic (exact) mass is 239 g/mol. The molecule has 1 aromatic heterocycles. The molecule has 0 saturated heterocycles. The third kappa shape index (κ3) is 3.16. The van der Waals surface area contributed by atoms with Gasteiger partial charge in [-0.1, -0.05) is 0 Å². The number of aryl methyl sites for hydroxylation is 1. The van der Waals surface area contributed by atoms with Crippen molar-refractivity contribution >= 4 is 23.5 Å². The summed E-state index contributed by atoms with van der Waals surface area (Å²) in [5.41, 5.74) is 3.30. The lowest BCUT2D eigenvalue weighted by Gasteiger charge is -2.11. The highest BCUT2D eigenvalue weighted by Crippen LogP contribution is 2.07. The average Bonchev–Trinajstić information content (AvgIpc) is 2.22. The Kier molecular flexibility index (Phi) is 4.19. The number of thiocarbonyl (C=S) groups is 1. The number of nitrogens with one attached hydrogen (secondary N) is 1. The van der Waals surface area contributed by atoms with Crippen LogP contribution >= 0.6 is 12.2 Å². The van der Waals surface area contributed by atoms with Crippen molar-refractivity contribution in [2.75, 3.05) is 14.1 Å². The van der Waals surface area contributed by atoms with Crippen LogP contribution in [0.15, 0.2) is 23.4 Å². The van der Waals surface area contributed by atoms with Gasteiger partial charge >= 0.3 is 0 Å². The summed E-state index contributed by atoms with van der Waals surface area (Å²) in [5.74, 6) is 0.173. The maximum Gasteiger partial charge on any atom is 0.267 e. The van der Waals surface area contributed by atoms with E-state index in [4.69, 9.17) is 12.2 Å². The number of hydrogen-bond acceptors (Lipinski definition) is 3. The standard InChI is InChI=1S/C10H14N4OS/c1-13(2)10(16)12-11-7-8-9(15)5-4-6-14(8)3/h4-7,15H,1-3H3/p+1. The van der Waals surface area contributed by atoms with E-state index in [1.165, 1.54) is 6.21 Å². The van der Waals surface area contributed by atoms with E-state index in [9.17, 15) is 5.11 Å². The second-order valence-electron chi connectivity index (χ2n) is 3.46. The minimum absolute atomic E-state index is 0.173. The largest absolute Gasteiger partial charge is 0.502 e. The first kappa shape index (κ1) is 12.4. The number of hydrazone groups is 1. The van der Waals surface area contributed by atoms with Gasteiger partial charge in [-0.15, -0.1) is 0 Å². The van der Waals surface area contributed by atoms with Crippen LogP contribution in [-0.2, 0) is 7.05 Å². The smallest absolute Gasteiger partial charge is 0.267 e. The number of nitrogens with zero attached hydrogens (tertiary/aromatic N) is 3. The van der Waals surface area contributed by atoms with Crippen molar-refractivity contribution in [1.82, 2.24) is 10.3 Å². The van der Waals surface area contributed by atoms with Crippen LogP contribution in [0.4, 0.5) is 0 Å². The molecular formula is C10H15N4OS+. The molecule has 1 heterocycles. The van der Waals surface area contributed by atoms with E-state index < -0.39 is 0 Å². The summed E-state index contributed by atoms with van der Waals surface area (Å²) in [6, 6.07) is 3.36. The molecule has 1 rings (SSSR count). The van der Waals surface area contributed by atoms with Crippen LogP contribution in [0.3, 0.4) is 0 Å². The van der Waals surface area contributed by atoms with Crippen LogP contribution < -0.4 is 9.99 Å². The van der Waals surface area contributed by atoms with Gasteiger partial charge in [0, 0.05) is 20.2 Å². The van der Waals surface area contributed by atoms with Gasteiger partial charge < -0.3 is 10.0 Å². The Hall–Kier alpha value is -1.69. The maximum absolute atomic E-state index is 9.58. The minimum Gasteiger partial charge on any atom is -0.502 e. The molecule has 86 valence electrons. The van der Waals surface area contributed by atoms with Crippen molar-refractivity contribution in [1.29, 1.82) is 0 Å². The molecule has 0 amide bonds. The van der Waals surface area contributed by atoms with Crippen molar-refractivity contribution in [3.63, 3.8) is 0 Å². The second-order valence-corrected chi connectivity index (χ2v) is 3.85. The highest BCUT2D eigenvalue weighted by atomic mass is 32.1. The molecule has 0 bridgehead atoms. The first-order chi connectivity index (χ1) is 7.52. The van der Waals surface area contributed by atoms with E-state index in [1.54, 1.807) is 21.6 Å². The molecule has 0 atom stereocenters. The summed E-state index contributed by atoms with van der Waals surface area (Å²) in [4.78, 5) is 1.73. The number of aromatic nitrogens is 1. The van der Waals surface area contributed by atoms with Gasteiger partial charge in [0.05, 0.1) is 0 Å². The molecule has 16 heavy (non-hydrogen) atoms. The van der Waals surface area contributed by atoms with Gasteiger partial charge in [-0.25, -0.2) is 0 Å². The lowest BCUT2D eigenvalue weighted by atomic mass is 10.3. The number of aromatic hydroxyl groups is 1. The topological polar surface area (TPSA) is 51.7 Å². The van der Waals surface area contributed by atoms with Crippen molar-refractivity contribution < 1.29 is 9.67 Å². The van der Waals surface area contributed by atoms with E-state index in [2.05, 4.69) is 10.5 Å². The highest BCUT2D eigenvalue weighted by Gasteiger charge is 2.08. The fourth-order valence-corrected chi connectivity index (χ4v) is 1.07. The summed E-state index contributed by atoms with van der Waals surface area (Å²) in [5, 5.41) is 14.0. The first-order valence-corrected chi connectivity index (χ1v) is 5.11. The Morgan fingerprint density at radius 1 is 1.62 bits per heavy atom. The van der Waals surface area contributed by atoms with Crippen LogP contribution in [0.5, 0.6) is 5.75 Å². The van der Waals surface area contributed by atoms with Crippen molar-refractivity contribution in [2.24, 2.45) is 12.1 Å². The average molecular weight is 239 g/mol. The predicted octanol–water partition coefficient (Wildman–Crippen LogP) is -0.0133. The molecule has 0 fully saturated rings. The van der Waals surface area contributed by atoms with Crippen LogP contribution in [0.1, 0.15) is 5.69 Å². The Balaban J connectivity index is 2.74. The zero-order chi connectivity index (χ0) is 12.1. The summed E-state index contributed by atoms with van der Waals surface area (Å²) in [6.45, 7) is 0. The Morgan fingerprint density at radius 3 is 2.88 bits per heavy atom. The van der Waals surface area contributed by atoms with Gasteiger partial charge in [-0.3, -0.25) is 5.43 Å². The van der Waals surface area contributed by atoms with E-state index in [0.29, 0.717) is 10.8 Å². The molecule has 6 heteroatoms. The van der Waals surface area contributed by atoms with Crippen LogP contribution in [0.25, 0.3) is 0 Å². The minimum atomic E-state index is 0.173. The van der Waals surface area contributed by atoms with Crippen LogP contribution in [0, 0.1) is 0 Å². The zero-order valence-corrected chi connectivity index (χ0v) is 10.3. The van der Waals surface area contributed by atoms with Crippen molar-refractivity contribution in [3.8, 4) is 5.75 Å². The third-order valence-electron chi connectivity index (χ3n) is 1.96. The molecule has 0 aliphatic heterocycles. The fraction of sp³-hybridized carbons (Fsp3) is 0.300. The molecular weight excluding hydrogens is 224 g/mol. The molecule has 0 aliphatic carbocycles. The van der Waals surface area contributed by atoms with E-state index in [1.807, 2.05) is 27.3 Å². The molecule has 0 aromatic carbocycles. The number of pyridine rings is 1. The van der Waals surface area contributed by atoms with Gasteiger partial charge in [0.25, 0.3) is 5.69 Å². The lowest BCUT2D eigenvalue weighted by molar-refractivity contribution is -0.672. The molecule has 5 nitrogen and oxygen atoms in total. The van der Waals surface area contributed by atoms with E-state index in [-0.39, 0.29) is 5.75 Å². The zero-order valence-electron chi connectivity index (χ0n) is 9.51. The molecule has 0 spiro atoms. The lowest BCUT2D eigenvalue weighted by Crippen LogP contribution is -2.34. The van der Waals surface area contributed by atoms with Crippen LogP contribution in [0.2, 0.25) is 0 Å². The van der Waals surface area contributed by atoms with Gasteiger partial charge in [0.1, 0.15) is 13.3 Å². The Labute approximate surface area is 100 Å². The summed E-state index contributed by atoms with van der Waals surface area (Å²) < 4.78 is 1.76. The number of rotatable bonds is 2. The molecule has 2 N–H and O–H groups in total. The molecule has 0 radical (unpaired) electrons. The molecule has 0 unspecified atom stereocenters. The van der Waals surface area contributed by atoms with Crippen LogP contribution in [-0.4, -0.2) is 35.4 Å². The van der Waals surface area contributed by atoms with E-state index in [0.717, 1.165) is 0 Å². The fourth-order valence-electron chi connectivity index (χ4n) is 1.02. The summed E-state index contributed by atoms with van der Waals surface area (Å²) in [6.07, 6.45) is 3.34. The highest BCUT2D eigenvalue weighted by molar-refractivity contribution is 7.80. The molecule has 0 saturated carbocycles. The third-order valence-corrected chi connectivity index (χ3v) is 2.42. The van der Waals surface area contributed by atoms with Gasteiger partial charge in [0.2, 0.25) is 0 Å². The van der Waals surface area contributed by atoms with Crippen molar-refractivity contribution in [3.05, 3.63) is 24.0 Å². The SMILES string of the molecule is CN(C)C(=S)NN=Cc1c(O)ccc[n+]1C. The Bertz CT molecular complexity index is 397. The predicted molar refractivity (Wildman–Crippen MR) is 66.3 cm³/mol. The van der Waals surface area contributed by atoms with Gasteiger partial charge in [-0.2, -0.15) is 9.67 Å². The first-order valence-electron chi connectivity index (χ1n) is 4.70. The molecule has 0 aliphatic rings. The summed E-state index contributed by atoms with van der Waals surface area (Å²) >= 11 is 4.99. The van der Waals surface area contributed by atoms with E-state index >= 15 is 0 Å². The quantitative estimate of drug-likeness (QED) is 0.330. The van der Waals surface area contributed by atoms with Crippen molar-refractivity contribution in [2.45, 2.75) is 0 Å². The number of hydrogen-bond donors (Lipinski definition) is 2. The summed E-state index contributed by atoms with van der Waals surface area (Å²) in [7, 11) is 5.47. The Morgan fingerprint density at radius 2 is 2.31 bits per heavy atom. The maximum atomic E-state index is 9.58. The van der Waals surface area contributed by atoms with Gasteiger partial charge in [-0.05, 0) is 18.3 Å². The molecule has 1 aromatic rings. The van der Waals surface area contributed by atoms with Gasteiger partial charge in [0.15, 0.2) is 17.1 Å². The normalized spacial score (nSPS) is 10.4.